The Morgan fingerprint density at radius 2 is 2.21 bits per heavy atom. The van der Waals surface area contributed by atoms with E-state index in [1.165, 1.54) is 6.07 Å². The second kappa shape index (κ2) is 5.41. The SMILES string of the molecule is Cc1ccc(S(=O)(=O)NCCn2cccn2)c(N)c1. The lowest BCUT2D eigenvalue weighted by atomic mass is 10.2. The van der Waals surface area contributed by atoms with Crippen molar-refractivity contribution in [2.45, 2.75) is 18.4 Å². The zero-order valence-corrected chi connectivity index (χ0v) is 11.4. The topological polar surface area (TPSA) is 90.0 Å². The van der Waals surface area contributed by atoms with Gasteiger partial charge in [-0.3, -0.25) is 4.68 Å². The summed E-state index contributed by atoms with van der Waals surface area (Å²) in [7, 11) is -3.58. The summed E-state index contributed by atoms with van der Waals surface area (Å²) >= 11 is 0. The highest BCUT2D eigenvalue weighted by Crippen LogP contribution is 2.18. The van der Waals surface area contributed by atoms with Crippen LogP contribution in [-0.4, -0.2) is 24.7 Å². The summed E-state index contributed by atoms with van der Waals surface area (Å²) < 4.78 is 28.3. The lowest BCUT2D eigenvalue weighted by Gasteiger charge is -2.09. The van der Waals surface area contributed by atoms with Gasteiger partial charge in [0.15, 0.2) is 0 Å². The number of aromatic nitrogens is 2. The van der Waals surface area contributed by atoms with Crippen LogP contribution in [0.4, 0.5) is 5.69 Å². The first-order valence-electron chi connectivity index (χ1n) is 5.82. The number of sulfonamides is 1. The van der Waals surface area contributed by atoms with Gasteiger partial charge in [0.1, 0.15) is 4.90 Å². The standard InChI is InChI=1S/C12H16N4O2S/c1-10-3-4-12(11(13)9-10)19(17,18)15-6-8-16-7-2-5-14-16/h2-5,7,9,15H,6,8,13H2,1H3. The van der Waals surface area contributed by atoms with E-state index in [4.69, 9.17) is 5.73 Å². The molecule has 0 bridgehead atoms. The smallest absolute Gasteiger partial charge is 0.242 e. The number of nitrogens with two attached hydrogens (primary N) is 1. The van der Waals surface area contributed by atoms with Gasteiger partial charge >= 0.3 is 0 Å². The van der Waals surface area contributed by atoms with Crippen molar-refractivity contribution in [1.82, 2.24) is 14.5 Å². The first-order valence-corrected chi connectivity index (χ1v) is 7.30. The predicted octanol–water partition coefficient (Wildman–Crippen LogP) is 0.752. The molecule has 2 aromatic rings. The maximum Gasteiger partial charge on any atom is 0.242 e. The highest BCUT2D eigenvalue weighted by molar-refractivity contribution is 7.89. The third-order valence-corrected chi connectivity index (χ3v) is 4.18. The van der Waals surface area contributed by atoms with Crippen molar-refractivity contribution in [3.63, 3.8) is 0 Å². The molecule has 0 spiro atoms. The summed E-state index contributed by atoms with van der Waals surface area (Å²) in [6.07, 6.45) is 3.42. The van der Waals surface area contributed by atoms with Gasteiger partial charge in [-0.25, -0.2) is 13.1 Å². The van der Waals surface area contributed by atoms with Crippen molar-refractivity contribution < 1.29 is 8.42 Å². The van der Waals surface area contributed by atoms with Gasteiger partial charge in [-0.05, 0) is 30.7 Å². The van der Waals surface area contributed by atoms with Crippen molar-refractivity contribution in [2.24, 2.45) is 0 Å². The zero-order chi connectivity index (χ0) is 13.9. The van der Waals surface area contributed by atoms with Gasteiger partial charge in [0, 0.05) is 18.9 Å². The monoisotopic (exact) mass is 280 g/mol. The fourth-order valence-electron chi connectivity index (χ4n) is 1.72. The van der Waals surface area contributed by atoms with E-state index >= 15 is 0 Å². The summed E-state index contributed by atoms with van der Waals surface area (Å²) in [5.74, 6) is 0. The quantitative estimate of drug-likeness (QED) is 0.791. The molecular formula is C12H16N4O2S. The molecule has 1 aromatic heterocycles. The largest absolute Gasteiger partial charge is 0.398 e. The summed E-state index contributed by atoms with van der Waals surface area (Å²) in [4.78, 5) is 0.110. The number of nitrogen functional groups attached to an aromatic ring is 1. The van der Waals surface area contributed by atoms with Gasteiger partial charge in [0.05, 0.1) is 12.2 Å². The molecule has 0 fully saturated rings. The molecular weight excluding hydrogens is 264 g/mol. The number of nitrogens with one attached hydrogen (secondary N) is 1. The minimum absolute atomic E-state index is 0.110. The van der Waals surface area contributed by atoms with E-state index in [0.717, 1.165) is 5.56 Å². The Kier molecular flexibility index (Phi) is 3.87. The van der Waals surface area contributed by atoms with Crippen LogP contribution in [0.5, 0.6) is 0 Å². The maximum absolute atomic E-state index is 12.1. The minimum atomic E-state index is -3.58. The molecule has 2 rings (SSSR count). The third kappa shape index (κ3) is 3.33. The van der Waals surface area contributed by atoms with Gasteiger partial charge in [-0.1, -0.05) is 6.07 Å². The van der Waals surface area contributed by atoms with Crippen LogP contribution in [0.2, 0.25) is 0 Å². The highest BCUT2D eigenvalue weighted by atomic mass is 32.2. The molecule has 0 aliphatic rings. The second-order valence-corrected chi connectivity index (χ2v) is 5.94. The number of benzene rings is 1. The van der Waals surface area contributed by atoms with Crippen molar-refractivity contribution in [1.29, 1.82) is 0 Å². The zero-order valence-electron chi connectivity index (χ0n) is 10.6. The predicted molar refractivity (Wildman–Crippen MR) is 73.0 cm³/mol. The Morgan fingerprint density at radius 1 is 1.42 bits per heavy atom. The Balaban J connectivity index is 2.05. The van der Waals surface area contributed by atoms with E-state index in [1.54, 1.807) is 35.3 Å². The number of aryl methyl sites for hydroxylation is 1. The molecule has 0 aliphatic heterocycles. The number of rotatable bonds is 5. The van der Waals surface area contributed by atoms with Crippen LogP contribution in [0.15, 0.2) is 41.6 Å². The highest BCUT2D eigenvalue weighted by Gasteiger charge is 2.16. The van der Waals surface area contributed by atoms with Crippen LogP contribution >= 0.6 is 0 Å². The molecule has 6 nitrogen and oxygen atoms in total. The average molecular weight is 280 g/mol. The van der Waals surface area contributed by atoms with Gasteiger partial charge in [-0.2, -0.15) is 5.10 Å². The number of hydrogen-bond acceptors (Lipinski definition) is 4. The fraction of sp³-hybridized carbons (Fsp3) is 0.250. The maximum atomic E-state index is 12.1. The molecule has 0 atom stereocenters. The molecule has 1 heterocycles. The Morgan fingerprint density at radius 3 is 2.84 bits per heavy atom. The van der Waals surface area contributed by atoms with E-state index in [-0.39, 0.29) is 17.1 Å². The molecule has 0 unspecified atom stereocenters. The summed E-state index contributed by atoms with van der Waals surface area (Å²) in [6.45, 7) is 2.59. The number of anilines is 1. The van der Waals surface area contributed by atoms with Crippen molar-refractivity contribution in [3.05, 3.63) is 42.2 Å². The number of hydrogen-bond donors (Lipinski definition) is 2. The second-order valence-electron chi connectivity index (χ2n) is 4.21. The van der Waals surface area contributed by atoms with Crippen molar-refractivity contribution in [2.75, 3.05) is 12.3 Å². The Hall–Kier alpha value is -1.86. The van der Waals surface area contributed by atoms with E-state index in [9.17, 15) is 8.42 Å². The van der Waals surface area contributed by atoms with Crippen LogP contribution in [0.1, 0.15) is 5.56 Å². The molecule has 0 saturated carbocycles. The molecule has 3 N–H and O–H groups in total. The molecule has 1 aromatic carbocycles. The molecule has 0 radical (unpaired) electrons. The van der Waals surface area contributed by atoms with Gasteiger partial charge in [0.25, 0.3) is 0 Å². The van der Waals surface area contributed by atoms with E-state index in [2.05, 4.69) is 9.82 Å². The fourth-order valence-corrected chi connectivity index (χ4v) is 2.85. The summed E-state index contributed by atoms with van der Waals surface area (Å²) in [6, 6.07) is 6.66. The van der Waals surface area contributed by atoms with Crippen molar-refractivity contribution in [3.8, 4) is 0 Å². The Labute approximate surface area is 112 Å². The van der Waals surface area contributed by atoms with Gasteiger partial charge < -0.3 is 5.73 Å². The first-order chi connectivity index (χ1) is 8.99. The molecule has 102 valence electrons. The van der Waals surface area contributed by atoms with E-state index in [0.29, 0.717) is 6.54 Å². The van der Waals surface area contributed by atoms with Crippen LogP contribution in [0.25, 0.3) is 0 Å². The Bertz CT molecular complexity index is 650. The third-order valence-electron chi connectivity index (χ3n) is 2.65. The van der Waals surface area contributed by atoms with E-state index in [1.807, 2.05) is 6.92 Å². The molecule has 19 heavy (non-hydrogen) atoms. The molecule has 0 amide bonds. The van der Waals surface area contributed by atoms with E-state index < -0.39 is 10.0 Å². The first kappa shape index (κ1) is 13.6. The van der Waals surface area contributed by atoms with Crippen LogP contribution < -0.4 is 10.5 Å². The normalized spacial score (nSPS) is 11.6. The van der Waals surface area contributed by atoms with Crippen LogP contribution in [0.3, 0.4) is 0 Å². The average Bonchev–Trinajstić information content (AvgIpc) is 2.81. The van der Waals surface area contributed by atoms with Gasteiger partial charge in [-0.15, -0.1) is 0 Å². The lowest BCUT2D eigenvalue weighted by Crippen LogP contribution is -2.28. The molecule has 0 aliphatic carbocycles. The molecule has 7 heteroatoms. The van der Waals surface area contributed by atoms with Crippen molar-refractivity contribution >= 4 is 15.7 Å². The molecule has 0 saturated heterocycles. The lowest BCUT2D eigenvalue weighted by molar-refractivity contribution is 0.561. The van der Waals surface area contributed by atoms with Crippen LogP contribution in [0, 0.1) is 6.92 Å². The van der Waals surface area contributed by atoms with Gasteiger partial charge in [0.2, 0.25) is 10.0 Å². The summed E-state index contributed by atoms with van der Waals surface area (Å²) in [5.41, 5.74) is 6.92. The van der Waals surface area contributed by atoms with Crippen LogP contribution in [-0.2, 0) is 16.6 Å². The minimum Gasteiger partial charge on any atom is -0.398 e. The summed E-state index contributed by atoms with van der Waals surface area (Å²) in [5, 5.41) is 3.99. The number of nitrogens with zero attached hydrogens (tertiary/aromatic N) is 2.